The van der Waals surface area contributed by atoms with Crippen LogP contribution in [0.25, 0.3) is 0 Å². The first-order chi connectivity index (χ1) is 4.63. The normalized spacial score (nSPS) is 9.90. The summed E-state index contributed by atoms with van der Waals surface area (Å²) in [5.74, 6) is 0. The van der Waals surface area contributed by atoms with E-state index in [1.54, 1.807) is 6.20 Å². The van der Waals surface area contributed by atoms with Gasteiger partial charge in [-0.05, 0) is 31.9 Å². The highest BCUT2D eigenvalue weighted by atomic mass is 14.7. The lowest BCUT2D eigenvalue weighted by Gasteiger charge is -2.04. The van der Waals surface area contributed by atoms with E-state index in [9.17, 15) is 0 Å². The Morgan fingerprint density at radius 1 is 1.30 bits per heavy atom. The molecule has 1 heterocycles. The summed E-state index contributed by atoms with van der Waals surface area (Å²) in [5, 5.41) is 0. The summed E-state index contributed by atoms with van der Waals surface area (Å²) in [6.07, 6.45) is 1.80. The minimum Gasteiger partial charge on any atom is -0.398 e. The maximum atomic E-state index is 5.74. The topological polar surface area (TPSA) is 38.9 Å². The number of pyridine rings is 1. The van der Waals surface area contributed by atoms with E-state index in [1.807, 2.05) is 20.8 Å². The van der Waals surface area contributed by atoms with Crippen molar-refractivity contribution in [1.29, 1.82) is 0 Å². The minimum absolute atomic E-state index is 0.868. The first-order valence-electron chi connectivity index (χ1n) is 3.31. The second-order valence-electron chi connectivity index (χ2n) is 2.57. The SMILES string of the molecule is Cc1cnc(C)c(C)c1N. The van der Waals surface area contributed by atoms with E-state index in [4.69, 9.17) is 5.73 Å². The summed E-state index contributed by atoms with van der Waals surface area (Å²) >= 11 is 0. The molecule has 0 spiro atoms. The zero-order chi connectivity index (χ0) is 7.72. The summed E-state index contributed by atoms with van der Waals surface area (Å²) in [4.78, 5) is 4.16. The molecule has 2 N–H and O–H groups in total. The van der Waals surface area contributed by atoms with Gasteiger partial charge in [0.15, 0.2) is 0 Å². The molecule has 0 bridgehead atoms. The summed E-state index contributed by atoms with van der Waals surface area (Å²) in [6, 6.07) is 0. The van der Waals surface area contributed by atoms with Gasteiger partial charge < -0.3 is 5.73 Å². The average Bonchev–Trinajstić information content (AvgIpc) is 1.93. The molecule has 2 nitrogen and oxygen atoms in total. The van der Waals surface area contributed by atoms with Gasteiger partial charge in [0.1, 0.15) is 0 Å². The molecule has 1 rings (SSSR count). The van der Waals surface area contributed by atoms with E-state index in [-0.39, 0.29) is 0 Å². The molecule has 0 amide bonds. The fourth-order valence-corrected chi connectivity index (χ4v) is 0.851. The Kier molecular flexibility index (Phi) is 1.62. The molecule has 0 unspecified atom stereocenters. The number of aryl methyl sites for hydroxylation is 2. The number of rotatable bonds is 0. The number of nitrogens with two attached hydrogens (primary N) is 1. The van der Waals surface area contributed by atoms with Crippen molar-refractivity contribution < 1.29 is 0 Å². The van der Waals surface area contributed by atoms with Crippen LogP contribution in [0.1, 0.15) is 16.8 Å². The molecule has 0 fully saturated rings. The van der Waals surface area contributed by atoms with E-state index in [2.05, 4.69) is 4.98 Å². The third-order valence-corrected chi connectivity index (χ3v) is 1.82. The van der Waals surface area contributed by atoms with Crippen LogP contribution in [-0.2, 0) is 0 Å². The van der Waals surface area contributed by atoms with Crippen LogP contribution in [0, 0.1) is 20.8 Å². The summed E-state index contributed by atoms with van der Waals surface area (Å²) in [6.45, 7) is 5.92. The standard InChI is InChI=1S/C8H12N2/c1-5-4-10-7(3)6(2)8(5)9/h4H,1-3H3,(H2,9,10). The van der Waals surface area contributed by atoms with E-state index in [0.29, 0.717) is 0 Å². The van der Waals surface area contributed by atoms with E-state index >= 15 is 0 Å². The van der Waals surface area contributed by atoms with Gasteiger partial charge in [0.25, 0.3) is 0 Å². The minimum atomic E-state index is 0.868. The van der Waals surface area contributed by atoms with Crippen LogP contribution in [-0.4, -0.2) is 4.98 Å². The van der Waals surface area contributed by atoms with Crippen molar-refractivity contribution in [2.75, 3.05) is 5.73 Å². The second-order valence-corrected chi connectivity index (χ2v) is 2.57. The molecule has 0 aromatic carbocycles. The van der Waals surface area contributed by atoms with E-state index in [1.165, 1.54) is 0 Å². The van der Waals surface area contributed by atoms with Gasteiger partial charge >= 0.3 is 0 Å². The van der Waals surface area contributed by atoms with Gasteiger partial charge in [0.2, 0.25) is 0 Å². The molecule has 0 saturated carbocycles. The zero-order valence-corrected chi connectivity index (χ0v) is 6.60. The van der Waals surface area contributed by atoms with Crippen LogP contribution in [0.2, 0.25) is 0 Å². The molecule has 2 heteroatoms. The molecule has 10 heavy (non-hydrogen) atoms. The van der Waals surface area contributed by atoms with Crippen molar-refractivity contribution in [1.82, 2.24) is 4.98 Å². The monoisotopic (exact) mass is 136 g/mol. The Morgan fingerprint density at radius 3 is 2.40 bits per heavy atom. The van der Waals surface area contributed by atoms with Crippen molar-refractivity contribution in [2.45, 2.75) is 20.8 Å². The Hall–Kier alpha value is -1.05. The third kappa shape index (κ3) is 0.967. The lowest BCUT2D eigenvalue weighted by Crippen LogP contribution is -1.97. The number of nitrogens with zero attached hydrogens (tertiary/aromatic N) is 1. The summed E-state index contributed by atoms with van der Waals surface area (Å²) in [7, 11) is 0. The molecular formula is C8H12N2. The summed E-state index contributed by atoms with van der Waals surface area (Å²) in [5.41, 5.74) is 9.78. The van der Waals surface area contributed by atoms with Crippen molar-refractivity contribution in [3.8, 4) is 0 Å². The first-order valence-corrected chi connectivity index (χ1v) is 3.31. The van der Waals surface area contributed by atoms with Gasteiger partial charge in [-0.1, -0.05) is 0 Å². The summed E-state index contributed by atoms with van der Waals surface area (Å²) < 4.78 is 0. The van der Waals surface area contributed by atoms with Gasteiger partial charge in [-0.15, -0.1) is 0 Å². The predicted octanol–water partition coefficient (Wildman–Crippen LogP) is 1.59. The van der Waals surface area contributed by atoms with Crippen molar-refractivity contribution in [2.24, 2.45) is 0 Å². The predicted molar refractivity (Wildman–Crippen MR) is 42.9 cm³/mol. The maximum Gasteiger partial charge on any atom is 0.0422 e. The van der Waals surface area contributed by atoms with Crippen LogP contribution in [0.15, 0.2) is 6.20 Å². The van der Waals surface area contributed by atoms with Crippen LogP contribution in [0.4, 0.5) is 5.69 Å². The van der Waals surface area contributed by atoms with Gasteiger partial charge in [0.05, 0.1) is 0 Å². The first kappa shape index (κ1) is 7.06. The van der Waals surface area contributed by atoms with Crippen molar-refractivity contribution >= 4 is 5.69 Å². The molecule has 1 aromatic rings. The fraction of sp³-hybridized carbons (Fsp3) is 0.375. The van der Waals surface area contributed by atoms with Crippen LogP contribution in [0.5, 0.6) is 0 Å². The fourth-order valence-electron chi connectivity index (χ4n) is 0.851. The lowest BCUT2D eigenvalue weighted by molar-refractivity contribution is 1.13. The molecule has 0 aliphatic heterocycles. The quantitative estimate of drug-likeness (QED) is 0.588. The van der Waals surface area contributed by atoms with Gasteiger partial charge in [0, 0.05) is 17.6 Å². The van der Waals surface area contributed by atoms with Gasteiger partial charge in [-0.3, -0.25) is 4.98 Å². The van der Waals surface area contributed by atoms with Gasteiger partial charge in [-0.25, -0.2) is 0 Å². The van der Waals surface area contributed by atoms with Crippen LogP contribution < -0.4 is 5.73 Å². The second kappa shape index (κ2) is 2.29. The number of nitrogen functional groups attached to an aromatic ring is 1. The molecule has 0 aliphatic rings. The molecule has 1 aromatic heterocycles. The number of anilines is 1. The van der Waals surface area contributed by atoms with Crippen LogP contribution >= 0.6 is 0 Å². The Bertz CT molecular complexity index is 227. The molecule has 0 aliphatic carbocycles. The Labute approximate surface area is 61.1 Å². The average molecular weight is 136 g/mol. The molecule has 0 atom stereocenters. The maximum absolute atomic E-state index is 5.74. The highest BCUT2D eigenvalue weighted by molar-refractivity contribution is 5.52. The molecular weight excluding hydrogens is 124 g/mol. The highest BCUT2D eigenvalue weighted by Crippen LogP contribution is 2.16. The molecule has 54 valence electrons. The number of aromatic nitrogens is 1. The van der Waals surface area contributed by atoms with Crippen LogP contribution in [0.3, 0.4) is 0 Å². The third-order valence-electron chi connectivity index (χ3n) is 1.82. The van der Waals surface area contributed by atoms with E-state index in [0.717, 1.165) is 22.5 Å². The highest BCUT2D eigenvalue weighted by Gasteiger charge is 1.99. The number of hydrogen-bond donors (Lipinski definition) is 1. The number of hydrogen-bond acceptors (Lipinski definition) is 2. The zero-order valence-electron chi connectivity index (χ0n) is 6.60. The molecule has 0 radical (unpaired) electrons. The van der Waals surface area contributed by atoms with E-state index < -0.39 is 0 Å². The van der Waals surface area contributed by atoms with Crippen molar-refractivity contribution in [3.05, 3.63) is 23.0 Å². The molecule has 0 saturated heterocycles. The lowest BCUT2D eigenvalue weighted by atomic mass is 10.1. The smallest absolute Gasteiger partial charge is 0.0422 e. The largest absolute Gasteiger partial charge is 0.398 e. The Balaban J connectivity index is 3.34. The Morgan fingerprint density at radius 2 is 1.90 bits per heavy atom. The van der Waals surface area contributed by atoms with Crippen molar-refractivity contribution in [3.63, 3.8) is 0 Å². The van der Waals surface area contributed by atoms with Gasteiger partial charge in [-0.2, -0.15) is 0 Å².